The van der Waals surface area contributed by atoms with Crippen LogP contribution >= 0.6 is 23.8 Å². The molecule has 8 heteroatoms. The van der Waals surface area contributed by atoms with Gasteiger partial charge in [0.25, 0.3) is 0 Å². The third kappa shape index (κ3) is 4.59. The Balaban J connectivity index is 1.74. The number of halogens is 2. The maximum atomic E-state index is 13.8. The van der Waals surface area contributed by atoms with E-state index in [1.54, 1.807) is 18.3 Å². The van der Waals surface area contributed by atoms with Crippen LogP contribution in [0.25, 0.3) is 5.69 Å². The Morgan fingerprint density at radius 2 is 2.03 bits per heavy atom. The van der Waals surface area contributed by atoms with Crippen LogP contribution in [-0.2, 0) is 0 Å². The van der Waals surface area contributed by atoms with Crippen LogP contribution in [0.2, 0.25) is 5.02 Å². The van der Waals surface area contributed by atoms with Crippen LogP contribution in [0.15, 0.2) is 60.9 Å². The first kappa shape index (κ1) is 21.7. The van der Waals surface area contributed by atoms with Gasteiger partial charge in [0.15, 0.2) is 5.11 Å². The highest BCUT2D eigenvalue weighted by molar-refractivity contribution is 7.80. The summed E-state index contributed by atoms with van der Waals surface area (Å²) >= 11 is 11.8. The summed E-state index contributed by atoms with van der Waals surface area (Å²) in [6.07, 6.45) is 4.74. The molecule has 4 rings (SSSR count). The van der Waals surface area contributed by atoms with Crippen molar-refractivity contribution in [1.29, 1.82) is 0 Å². The summed E-state index contributed by atoms with van der Waals surface area (Å²) in [6, 6.07) is 14.6. The van der Waals surface area contributed by atoms with Gasteiger partial charge < -0.3 is 19.7 Å². The molecule has 0 radical (unpaired) electrons. The normalized spacial score (nSPS) is 18.6. The minimum atomic E-state index is -0.431. The van der Waals surface area contributed by atoms with Crippen molar-refractivity contribution in [1.82, 2.24) is 24.7 Å². The minimum Gasteiger partial charge on any atom is -0.352 e. The van der Waals surface area contributed by atoms with E-state index in [9.17, 15) is 4.39 Å². The fourth-order valence-electron chi connectivity index (χ4n) is 4.03. The van der Waals surface area contributed by atoms with E-state index in [1.165, 1.54) is 6.07 Å². The van der Waals surface area contributed by atoms with E-state index in [0.717, 1.165) is 36.6 Å². The van der Waals surface area contributed by atoms with E-state index in [2.05, 4.69) is 40.3 Å². The van der Waals surface area contributed by atoms with Crippen molar-refractivity contribution in [2.75, 3.05) is 27.2 Å². The van der Waals surface area contributed by atoms with Crippen molar-refractivity contribution in [3.63, 3.8) is 0 Å². The van der Waals surface area contributed by atoms with E-state index in [0.29, 0.717) is 5.11 Å². The Labute approximate surface area is 192 Å². The molecule has 5 nitrogen and oxygen atoms in total. The van der Waals surface area contributed by atoms with Gasteiger partial charge in [-0.25, -0.2) is 4.39 Å². The van der Waals surface area contributed by atoms with Gasteiger partial charge in [0.2, 0.25) is 0 Å². The molecule has 3 heterocycles. The second-order valence-corrected chi connectivity index (χ2v) is 8.67. The Morgan fingerprint density at radius 1 is 1.19 bits per heavy atom. The highest BCUT2D eigenvalue weighted by Crippen LogP contribution is 2.39. The molecule has 0 aliphatic carbocycles. The summed E-state index contributed by atoms with van der Waals surface area (Å²) in [5.74, 6) is -0.431. The molecular weight excluding hydrogens is 433 g/mol. The molecule has 1 aliphatic rings. The average Bonchev–Trinajstić information content (AvgIpc) is 3.35. The zero-order chi connectivity index (χ0) is 22.0. The van der Waals surface area contributed by atoms with Crippen molar-refractivity contribution in [2.24, 2.45) is 0 Å². The molecule has 0 bridgehead atoms. The zero-order valence-corrected chi connectivity index (χ0v) is 19.1. The summed E-state index contributed by atoms with van der Waals surface area (Å²) in [5, 5.41) is 4.29. The molecular formula is C23H25ClFN5S. The zero-order valence-electron chi connectivity index (χ0n) is 17.5. The van der Waals surface area contributed by atoms with E-state index >= 15 is 0 Å². The van der Waals surface area contributed by atoms with Gasteiger partial charge in [0.05, 0.1) is 22.8 Å². The summed E-state index contributed by atoms with van der Waals surface area (Å²) in [4.78, 5) is 8.99. The summed E-state index contributed by atoms with van der Waals surface area (Å²) in [5.41, 5.74) is 2.77. The van der Waals surface area contributed by atoms with Crippen molar-refractivity contribution < 1.29 is 4.39 Å². The molecule has 0 amide bonds. The van der Waals surface area contributed by atoms with Crippen molar-refractivity contribution in [3.8, 4) is 5.69 Å². The van der Waals surface area contributed by atoms with Gasteiger partial charge in [-0.2, -0.15) is 0 Å². The predicted octanol–water partition coefficient (Wildman–Crippen LogP) is 4.59. The number of hydrogen-bond donors (Lipinski definition) is 1. The van der Waals surface area contributed by atoms with Gasteiger partial charge >= 0.3 is 0 Å². The second kappa shape index (κ2) is 9.34. The Hall–Kier alpha value is -2.48. The van der Waals surface area contributed by atoms with Gasteiger partial charge in [-0.1, -0.05) is 17.7 Å². The maximum absolute atomic E-state index is 13.8. The highest BCUT2D eigenvalue weighted by Gasteiger charge is 2.40. The first-order valence-corrected chi connectivity index (χ1v) is 11.0. The molecule has 3 aromatic rings. The lowest BCUT2D eigenvalue weighted by Crippen LogP contribution is -2.33. The lowest BCUT2D eigenvalue weighted by atomic mass is 10.0. The number of aromatic nitrogens is 2. The Kier molecular flexibility index (Phi) is 6.55. The molecule has 1 aliphatic heterocycles. The molecule has 0 spiro atoms. The number of hydrogen-bond acceptors (Lipinski definition) is 3. The van der Waals surface area contributed by atoms with Crippen LogP contribution in [0.3, 0.4) is 0 Å². The van der Waals surface area contributed by atoms with Crippen LogP contribution in [0.5, 0.6) is 0 Å². The lowest BCUT2D eigenvalue weighted by molar-refractivity contribution is 0.286. The van der Waals surface area contributed by atoms with Crippen LogP contribution in [0, 0.1) is 5.82 Å². The van der Waals surface area contributed by atoms with E-state index in [1.807, 2.05) is 35.0 Å². The van der Waals surface area contributed by atoms with Gasteiger partial charge in [-0.05, 0) is 81.7 Å². The Bertz CT molecular complexity index is 1060. The number of benzene rings is 1. The molecule has 2 atom stereocenters. The third-order valence-electron chi connectivity index (χ3n) is 5.47. The fraction of sp³-hybridized carbons (Fsp3) is 0.304. The third-order valence-corrected chi connectivity index (χ3v) is 6.11. The topological polar surface area (TPSA) is 36.3 Å². The average molecular weight is 458 g/mol. The quantitative estimate of drug-likeness (QED) is 0.525. The number of nitrogens with zero attached hydrogens (tertiary/aromatic N) is 4. The molecule has 1 aromatic carbocycles. The molecule has 31 heavy (non-hydrogen) atoms. The summed E-state index contributed by atoms with van der Waals surface area (Å²) in [7, 11) is 4.14. The summed E-state index contributed by atoms with van der Waals surface area (Å²) in [6.45, 7) is 1.78. The Morgan fingerprint density at radius 3 is 2.74 bits per heavy atom. The molecule has 0 unspecified atom stereocenters. The van der Waals surface area contributed by atoms with Gasteiger partial charge in [-0.3, -0.25) is 4.98 Å². The number of thiocarbonyl (C=S) groups is 1. The van der Waals surface area contributed by atoms with Crippen molar-refractivity contribution in [2.45, 2.75) is 18.5 Å². The van der Waals surface area contributed by atoms with E-state index in [4.69, 9.17) is 23.8 Å². The van der Waals surface area contributed by atoms with Gasteiger partial charge in [0.1, 0.15) is 5.82 Å². The molecule has 1 N–H and O–H groups in total. The monoisotopic (exact) mass is 457 g/mol. The highest BCUT2D eigenvalue weighted by atomic mass is 35.5. The van der Waals surface area contributed by atoms with Crippen molar-refractivity contribution >= 4 is 28.9 Å². The SMILES string of the molecule is CN(C)CCCN1C(=S)N[C@@H](c2ccccn2)[C@@H]1c1cccn1-c1ccc(F)c(Cl)c1. The van der Waals surface area contributed by atoms with Crippen LogP contribution in [-0.4, -0.2) is 51.6 Å². The summed E-state index contributed by atoms with van der Waals surface area (Å²) < 4.78 is 15.8. The molecule has 1 saturated heterocycles. The van der Waals surface area contributed by atoms with Crippen LogP contribution in [0.1, 0.15) is 29.9 Å². The largest absolute Gasteiger partial charge is 0.352 e. The number of nitrogens with one attached hydrogen (secondary N) is 1. The van der Waals surface area contributed by atoms with Gasteiger partial charge in [0, 0.05) is 30.3 Å². The van der Waals surface area contributed by atoms with E-state index in [-0.39, 0.29) is 17.1 Å². The van der Waals surface area contributed by atoms with E-state index < -0.39 is 5.82 Å². The first-order valence-electron chi connectivity index (χ1n) is 10.2. The van der Waals surface area contributed by atoms with Crippen LogP contribution < -0.4 is 5.32 Å². The first-order chi connectivity index (χ1) is 15.0. The molecule has 0 saturated carbocycles. The second-order valence-electron chi connectivity index (χ2n) is 7.88. The van der Waals surface area contributed by atoms with Crippen molar-refractivity contribution in [3.05, 3.63) is 83.2 Å². The van der Waals surface area contributed by atoms with Gasteiger partial charge in [-0.15, -0.1) is 0 Å². The smallest absolute Gasteiger partial charge is 0.170 e. The lowest BCUT2D eigenvalue weighted by Gasteiger charge is -2.29. The fourth-order valence-corrected chi connectivity index (χ4v) is 4.54. The number of pyridine rings is 1. The minimum absolute atomic E-state index is 0.0663. The molecule has 162 valence electrons. The maximum Gasteiger partial charge on any atom is 0.170 e. The van der Waals surface area contributed by atoms with Crippen LogP contribution in [0.4, 0.5) is 4.39 Å². The number of rotatable bonds is 7. The standard InChI is InChI=1S/C23H25ClFN5S/c1-28(2)12-6-14-30-22(21(27-23(30)31)19-7-3-4-11-26-19)20-8-5-13-29(20)16-9-10-18(25)17(24)15-16/h3-5,7-11,13,15,21-22H,6,12,14H2,1-2H3,(H,27,31)/t21-,22-/m0/s1. The molecule has 1 fully saturated rings. The predicted molar refractivity (Wildman–Crippen MR) is 126 cm³/mol. The molecule has 2 aromatic heterocycles.